The Kier molecular flexibility index (Phi) is 8.04. The zero-order valence-corrected chi connectivity index (χ0v) is 19.6. The molecule has 1 aliphatic rings. The molecule has 2 aromatic carbocycles. The molecule has 1 fully saturated rings. The maximum atomic E-state index is 12.9. The van der Waals surface area contributed by atoms with Gasteiger partial charge in [0.25, 0.3) is 5.91 Å². The molecule has 2 aromatic rings. The number of benzene rings is 2. The monoisotopic (exact) mass is 445 g/mol. The molecular weight excluding hydrogens is 414 g/mol. The number of halogens is 1. The minimum absolute atomic E-state index is 0.241. The number of ether oxygens (including phenoxy) is 2. The third-order valence-electron chi connectivity index (χ3n) is 5.58. The maximum absolute atomic E-state index is 12.9. The van der Waals surface area contributed by atoms with E-state index in [1.165, 1.54) is 12.8 Å². The second kappa shape index (κ2) is 10.7. The maximum Gasteiger partial charge on any atom is 0.255 e. The van der Waals surface area contributed by atoms with E-state index < -0.39 is 0 Å². The number of carbonyl (C=O) groups is 1. The van der Waals surface area contributed by atoms with Crippen molar-refractivity contribution in [1.82, 2.24) is 4.90 Å². The quantitative estimate of drug-likeness (QED) is 0.630. The van der Waals surface area contributed by atoms with E-state index in [1.54, 1.807) is 12.1 Å². The second-order valence-corrected chi connectivity index (χ2v) is 8.12. The zero-order chi connectivity index (χ0) is 22.4. The fourth-order valence-corrected chi connectivity index (χ4v) is 3.96. The highest BCUT2D eigenvalue weighted by atomic mass is 35.5. The molecule has 1 N–H and O–H groups in total. The van der Waals surface area contributed by atoms with E-state index in [-0.39, 0.29) is 5.91 Å². The molecule has 1 amide bonds. The highest BCUT2D eigenvalue weighted by Gasteiger charge is 2.18. The zero-order valence-electron chi connectivity index (χ0n) is 18.8. The normalized spacial score (nSPS) is 14.4. The van der Waals surface area contributed by atoms with Gasteiger partial charge < -0.3 is 24.6 Å². The van der Waals surface area contributed by atoms with Crippen molar-refractivity contribution in [3.05, 3.63) is 46.5 Å². The summed E-state index contributed by atoms with van der Waals surface area (Å²) in [7, 11) is 1.54. The number of amides is 1. The lowest BCUT2D eigenvalue weighted by Crippen LogP contribution is -2.46. The molecule has 31 heavy (non-hydrogen) atoms. The lowest BCUT2D eigenvalue weighted by atomic mass is 10.1. The predicted octanol–water partition coefficient (Wildman–Crippen LogP) is 4.84. The fourth-order valence-electron chi connectivity index (χ4n) is 3.70. The minimum Gasteiger partial charge on any atom is -0.493 e. The Morgan fingerprint density at radius 2 is 1.87 bits per heavy atom. The number of piperazine rings is 1. The number of nitrogens with zero attached hydrogens (tertiary/aromatic N) is 2. The summed E-state index contributed by atoms with van der Waals surface area (Å²) in [5.41, 5.74) is 3.41. The van der Waals surface area contributed by atoms with Gasteiger partial charge in [-0.3, -0.25) is 4.79 Å². The van der Waals surface area contributed by atoms with E-state index >= 15 is 0 Å². The van der Waals surface area contributed by atoms with E-state index in [4.69, 9.17) is 21.1 Å². The van der Waals surface area contributed by atoms with Gasteiger partial charge in [-0.05, 0) is 55.8 Å². The molecule has 168 valence electrons. The van der Waals surface area contributed by atoms with Gasteiger partial charge >= 0.3 is 0 Å². The van der Waals surface area contributed by atoms with Crippen molar-refractivity contribution in [3.63, 3.8) is 0 Å². The van der Waals surface area contributed by atoms with Gasteiger partial charge in [-0.2, -0.15) is 0 Å². The average Bonchev–Trinajstić information content (AvgIpc) is 2.79. The summed E-state index contributed by atoms with van der Waals surface area (Å²) in [5, 5.41) is 3.35. The van der Waals surface area contributed by atoms with Crippen molar-refractivity contribution in [2.24, 2.45) is 0 Å². The number of hydrogen-bond donors (Lipinski definition) is 1. The Hall–Kier alpha value is -2.44. The molecule has 7 heteroatoms. The Morgan fingerprint density at radius 1 is 1.13 bits per heavy atom. The first-order chi connectivity index (χ1) is 15.0. The van der Waals surface area contributed by atoms with Crippen LogP contribution in [-0.2, 0) is 0 Å². The van der Waals surface area contributed by atoms with Crippen LogP contribution in [0.4, 0.5) is 11.4 Å². The van der Waals surface area contributed by atoms with Crippen LogP contribution in [0, 0.1) is 6.92 Å². The summed E-state index contributed by atoms with van der Waals surface area (Å²) in [4.78, 5) is 17.7. The smallest absolute Gasteiger partial charge is 0.255 e. The molecule has 3 rings (SSSR count). The molecule has 0 spiro atoms. The molecule has 0 radical (unpaired) electrons. The topological polar surface area (TPSA) is 54.0 Å². The van der Waals surface area contributed by atoms with Crippen LogP contribution in [0.3, 0.4) is 0 Å². The molecule has 0 saturated carbocycles. The SMILES string of the molecule is CCCOc1c(Cl)cc(C(=O)Nc2ccc(N3CCN(CC)CC3)cc2C)cc1OC. The van der Waals surface area contributed by atoms with Crippen LogP contribution in [0.15, 0.2) is 30.3 Å². The summed E-state index contributed by atoms with van der Waals surface area (Å²) < 4.78 is 11.1. The minimum atomic E-state index is -0.241. The van der Waals surface area contributed by atoms with Crippen LogP contribution < -0.4 is 19.7 Å². The summed E-state index contributed by atoms with van der Waals surface area (Å²) in [6, 6.07) is 9.43. The molecule has 0 aromatic heterocycles. The van der Waals surface area contributed by atoms with Gasteiger partial charge in [-0.25, -0.2) is 0 Å². The summed E-state index contributed by atoms with van der Waals surface area (Å²) in [6.45, 7) is 12.0. The molecule has 0 atom stereocenters. The first-order valence-corrected chi connectivity index (χ1v) is 11.2. The number of methoxy groups -OCH3 is 1. The summed E-state index contributed by atoms with van der Waals surface area (Å²) in [6.07, 6.45) is 0.852. The van der Waals surface area contributed by atoms with Crippen molar-refractivity contribution in [1.29, 1.82) is 0 Å². The van der Waals surface area contributed by atoms with Gasteiger partial charge in [0.1, 0.15) is 0 Å². The van der Waals surface area contributed by atoms with E-state index in [1.807, 2.05) is 19.9 Å². The van der Waals surface area contributed by atoms with Crippen molar-refractivity contribution >= 4 is 28.9 Å². The Labute approximate surface area is 190 Å². The first kappa shape index (κ1) is 23.2. The standard InChI is InChI=1S/C24H32ClN3O3/c1-5-13-31-23-20(25)15-18(16-22(23)30-4)24(29)26-21-8-7-19(14-17(21)3)28-11-9-27(6-2)10-12-28/h7-8,14-16H,5-6,9-13H2,1-4H3,(H,26,29). The van der Waals surface area contributed by atoms with Crippen LogP contribution in [0.2, 0.25) is 5.02 Å². The average molecular weight is 446 g/mol. The number of nitrogens with one attached hydrogen (secondary N) is 1. The number of likely N-dealkylation sites (N-methyl/N-ethyl adjacent to an activating group) is 1. The van der Waals surface area contributed by atoms with Crippen LogP contribution in [0.5, 0.6) is 11.5 Å². The lowest BCUT2D eigenvalue weighted by molar-refractivity contribution is 0.102. The predicted molar refractivity (Wildman–Crippen MR) is 127 cm³/mol. The summed E-state index contributed by atoms with van der Waals surface area (Å²) in [5.74, 6) is 0.672. The number of aryl methyl sites for hydroxylation is 1. The molecular formula is C24H32ClN3O3. The van der Waals surface area contributed by atoms with Gasteiger partial charge in [0, 0.05) is 43.1 Å². The van der Waals surface area contributed by atoms with Crippen molar-refractivity contribution in [3.8, 4) is 11.5 Å². The van der Waals surface area contributed by atoms with E-state index in [9.17, 15) is 4.79 Å². The molecule has 0 aliphatic carbocycles. The van der Waals surface area contributed by atoms with Gasteiger partial charge in [0.2, 0.25) is 0 Å². The van der Waals surface area contributed by atoms with Gasteiger partial charge in [-0.1, -0.05) is 25.4 Å². The molecule has 0 unspecified atom stereocenters. The van der Waals surface area contributed by atoms with Crippen LogP contribution in [0.1, 0.15) is 36.2 Å². The third kappa shape index (κ3) is 5.63. The lowest BCUT2D eigenvalue weighted by Gasteiger charge is -2.35. The molecule has 6 nitrogen and oxygen atoms in total. The van der Waals surface area contributed by atoms with Crippen LogP contribution >= 0.6 is 11.6 Å². The third-order valence-corrected chi connectivity index (χ3v) is 5.87. The van der Waals surface area contributed by atoms with Gasteiger partial charge in [0.15, 0.2) is 11.5 Å². The van der Waals surface area contributed by atoms with E-state index in [2.05, 4.69) is 34.2 Å². The first-order valence-electron chi connectivity index (χ1n) is 10.9. The fraction of sp³-hybridized carbons (Fsp3) is 0.458. The Bertz CT molecular complexity index is 911. The molecule has 1 saturated heterocycles. The second-order valence-electron chi connectivity index (χ2n) is 7.71. The van der Waals surface area contributed by atoms with Crippen molar-refractivity contribution < 1.29 is 14.3 Å². The highest BCUT2D eigenvalue weighted by molar-refractivity contribution is 6.32. The van der Waals surface area contributed by atoms with Gasteiger partial charge in [0.05, 0.1) is 18.7 Å². The molecule has 1 aliphatic heterocycles. The number of anilines is 2. The Morgan fingerprint density at radius 3 is 2.48 bits per heavy atom. The van der Waals surface area contributed by atoms with Gasteiger partial charge in [-0.15, -0.1) is 0 Å². The van der Waals surface area contributed by atoms with Crippen LogP contribution in [0.25, 0.3) is 0 Å². The largest absolute Gasteiger partial charge is 0.493 e. The summed E-state index contributed by atoms with van der Waals surface area (Å²) >= 11 is 6.36. The van der Waals surface area contributed by atoms with Crippen molar-refractivity contribution in [2.75, 3.05) is 56.7 Å². The number of carbonyl (C=O) groups excluding carboxylic acids is 1. The van der Waals surface area contributed by atoms with E-state index in [0.29, 0.717) is 28.7 Å². The van der Waals surface area contributed by atoms with Crippen molar-refractivity contribution in [2.45, 2.75) is 27.2 Å². The highest BCUT2D eigenvalue weighted by Crippen LogP contribution is 2.37. The number of hydrogen-bond acceptors (Lipinski definition) is 5. The molecule has 1 heterocycles. The number of rotatable bonds is 8. The van der Waals surface area contributed by atoms with E-state index in [0.717, 1.165) is 50.4 Å². The van der Waals surface area contributed by atoms with Crippen LogP contribution in [-0.4, -0.2) is 57.2 Å². The Balaban J connectivity index is 1.72. The molecule has 0 bridgehead atoms.